The van der Waals surface area contributed by atoms with Gasteiger partial charge >= 0.3 is 6.03 Å². The van der Waals surface area contributed by atoms with Gasteiger partial charge in [0.05, 0.1) is 13.0 Å². The number of benzene rings is 1. The van der Waals surface area contributed by atoms with E-state index in [9.17, 15) is 14.4 Å². The quantitative estimate of drug-likeness (QED) is 0.621. The van der Waals surface area contributed by atoms with Gasteiger partial charge in [0.2, 0.25) is 11.8 Å². The van der Waals surface area contributed by atoms with E-state index in [1.807, 2.05) is 31.2 Å². The second-order valence-corrected chi connectivity index (χ2v) is 6.32. The van der Waals surface area contributed by atoms with Crippen LogP contribution in [0.25, 0.3) is 0 Å². The maximum absolute atomic E-state index is 12.5. The molecular weight excluding hydrogens is 348 g/mol. The monoisotopic (exact) mass is 376 g/mol. The minimum absolute atomic E-state index is 0.0521. The molecule has 1 heterocycles. The minimum Gasteiger partial charge on any atom is -0.493 e. The van der Waals surface area contributed by atoms with Crippen molar-refractivity contribution in [2.24, 2.45) is 0 Å². The van der Waals surface area contributed by atoms with Crippen molar-refractivity contribution in [3.8, 4) is 5.75 Å². The molecule has 0 spiro atoms. The van der Waals surface area contributed by atoms with Crippen LogP contribution in [0.4, 0.5) is 4.79 Å². The van der Waals surface area contributed by atoms with Crippen LogP contribution in [-0.2, 0) is 16.0 Å². The van der Waals surface area contributed by atoms with E-state index in [0.717, 1.165) is 17.7 Å². The zero-order valence-corrected chi connectivity index (χ0v) is 15.9. The van der Waals surface area contributed by atoms with Crippen molar-refractivity contribution in [1.29, 1.82) is 0 Å². The van der Waals surface area contributed by atoms with E-state index in [0.29, 0.717) is 32.7 Å². The molecule has 1 saturated heterocycles. The molecule has 1 unspecified atom stereocenters. The Labute approximate surface area is 159 Å². The Bertz CT molecular complexity index is 665. The number of nitrogens with zero attached hydrogens (tertiary/aromatic N) is 1. The van der Waals surface area contributed by atoms with Crippen LogP contribution in [0.3, 0.4) is 0 Å². The van der Waals surface area contributed by atoms with Crippen molar-refractivity contribution in [3.63, 3.8) is 0 Å². The van der Waals surface area contributed by atoms with Crippen molar-refractivity contribution < 1.29 is 19.1 Å². The van der Waals surface area contributed by atoms with Gasteiger partial charge in [-0.25, -0.2) is 4.79 Å². The second-order valence-electron chi connectivity index (χ2n) is 6.32. The molecule has 8 heteroatoms. The third kappa shape index (κ3) is 5.87. The second kappa shape index (κ2) is 10.4. The minimum atomic E-state index is -0.793. The number of nitrogens with one attached hydrogen (secondary N) is 3. The Balaban J connectivity index is 1.92. The Morgan fingerprint density at radius 1 is 1.33 bits per heavy atom. The van der Waals surface area contributed by atoms with E-state index in [1.165, 1.54) is 11.9 Å². The first-order valence-electron chi connectivity index (χ1n) is 9.30. The Morgan fingerprint density at radius 3 is 2.85 bits per heavy atom. The van der Waals surface area contributed by atoms with Gasteiger partial charge in [0.1, 0.15) is 11.8 Å². The summed E-state index contributed by atoms with van der Waals surface area (Å²) in [6.07, 6.45) is 1.49. The molecule has 0 aromatic heterocycles. The predicted molar refractivity (Wildman–Crippen MR) is 102 cm³/mol. The maximum atomic E-state index is 12.5. The van der Waals surface area contributed by atoms with Gasteiger partial charge < -0.3 is 25.6 Å². The van der Waals surface area contributed by atoms with Crippen LogP contribution >= 0.6 is 0 Å². The number of carbonyl (C=O) groups excluding carboxylic acids is 3. The number of carbonyl (C=O) groups is 3. The van der Waals surface area contributed by atoms with Crippen molar-refractivity contribution in [2.75, 3.05) is 33.3 Å². The zero-order valence-electron chi connectivity index (χ0n) is 15.9. The number of amides is 4. The number of ether oxygens (including phenoxy) is 1. The number of urea groups is 1. The summed E-state index contributed by atoms with van der Waals surface area (Å²) in [6.45, 7) is 3.86. The van der Waals surface area contributed by atoms with Crippen molar-refractivity contribution >= 4 is 17.8 Å². The normalized spacial score (nSPS) is 16.4. The number of rotatable bonds is 8. The number of para-hydroxylation sites is 1. The van der Waals surface area contributed by atoms with Gasteiger partial charge in [-0.3, -0.25) is 9.59 Å². The first kappa shape index (κ1) is 20.5. The molecule has 148 valence electrons. The summed E-state index contributed by atoms with van der Waals surface area (Å²) >= 11 is 0. The summed E-state index contributed by atoms with van der Waals surface area (Å²) in [6, 6.07) is 6.61. The largest absolute Gasteiger partial charge is 0.493 e. The van der Waals surface area contributed by atoms with E-state index < -0.39 is 6.04 Å². The van der Waals surface area contributed by atoms with Gasteiger partial charge in [-0.1, -0.05) is 25.1 Å². The molecule has 1 aromatic carbocycles. The Hall–Kier alpha value is -2.77. The third-order valence-corrected chi connectivity index (χ3v) is 4.35. The highest BCUT2D eigenvalue weighted by atomic mass is 16.5. The van der Waals surface area contributed by atoms with Gasteiger partial charge in [-0.15, -0.1) is 0 Å². The average Bonchev–Trinajstić information content (AvgIpc) is 2.68. The highest BCUT2D eigenvalue weighted by molar-refractivity contribution is 5.92. The van der Waals surface area contributed by atoms with Crippen LogP contribution in [0.1, 0.15) is 25.3 Å². The third-order valence-electron chi connectivity index (χ3n) is 4.35. The molecular formula is C19H28N4O4. The van der Waals surface area contributed by atoms with Gasteiger partial charge in [0.25, 0.3) is 0 Å². The zero-order chi connectivity index (χ0) is 19.6. The van der Waals surface area contributed by atoms with Gasteiger partial charge in [-0.2, -0.15) is 0 Å². The van der Waals surface area contributed by atoms with Crippen LogP contribution in [-0.4, -0.2) is 62.1 Å². The fraction of sp³-hybridized carbons (Fsp3) is 0.526. The van der Waals surface area contributed by atoms with Crippen molar-refractivity contribution in [3.05, 3.63) is 29.8 Å². The lowest BCUT2D eigenvalue weighted by molar-refractivity contribution is -0.132. The summed E-state index contributed by atoms with van der Waals surface area (Å²) in [5.41, 5.74) is 1.02. The predicted octanol–water partition coefficient (Wildman–Crippen LogP) is 0.664. The molecule has 0 radical (unpaired) electrons. The smallest absolute Gasteiger partial charge is 0.318 e. The standard InChI is InChI=1S/C19H28N4O4/c1-3-12-27-16-7-5-4-6-14(16)8-9-22-19(26)23-11-10-21-18(25)15(23)13-17(24)20-2/h4-7,15H,3,8-13H2,1-2H3,(H,20,24)(H,21,25)(H,22,26). The van der Waals surface area contributed by atoms with Gasteiger partial charge in [0, 0.05) is 26.7 Å². The van der Waals surface area contributed by atoms with Crippen LogP contribution in [0.5, 0.6) is 5.75 Å². The van der Waals surface area contributed by atoms with E-state index in [4.69, 9.17) is 4.74 Å². The average molecular weight is 376 g/mol. The highest BCUT2D eigenvalue weighted by Gasteiger charge is 2.34. The summed E-state index contributed by atoms with van der Waals surface area (Å²) < 4.78 is 5.73. The molecule has 0 saturated carbocycles. The number of hydrogen-bond acceptors (Lipinski definition) is 4. The molecule has 0 aliphatic carbocycles. The molecule has 2 rings (SSSR count). The fourth-order valence-corrected chi connectivity index (χ4v) is 2.91. The summed E-state index contributed by atoms with van der Waals surface area (Å²) in [4.78, 5) is 37.7. The van der Waals surface area contributed by atoms with Crippen LogP contribution in [0.15, 0.2) is 24.3 Å². The Kier molecular flexibility index (Phi) is 7.91. The molecule has 27 heavy (non-hydrogen) atoms. The SMILES string of the molecule is CCCOc1ccccc1CCNC(=O)N1CCNC(=O)C1CC(=O)NC. The van der Waals surface area contributed by atoms with Crippen LogP contribution in [0, 0.1) is 0 Å². The van der Waals surface area contributed by atoms with E-state index >= 15 is 0 Å². The van der Waals surface area contributed by atoms with Gasteiger partial charge in [-0.05, 0) is 24.5 Å². The van der Waals surface area contributed by atoms with Crippen LogP contribution in [0.2, 0.25) is 0 Å². The van der Waals surface area contributed by atoms with E-state index in [-0.39, 0.29) is 24.3 Å². The number of piperazine rings is 1. The van der Waals surface area contributed by atoms with E-state index in [2.05, 4.69) is 16.0 Å². The summed E-state index contributed by atoms with van der Waals surface area (Å²) in [7, 11) is 1.51. The van der Waals surface area contributed by atoms with Crippen LogP contribution < -0.4 is 20.7 Å². The molecule has 0 bridgehead atoms. The molecule has 8 nitrogen and oxygen atoms in total. The van der Waals surface area contributed by atoms with E-state index in [1.54, 1.807) is 0 Å². The Morgan fingerprint density at radius 2 is 2.11 bits per heavy atom. The highest BCUT2D eigenvalue weighted by Crippen LogP contribution is 2.18. The lowest BCUT2D eigenvalue weighted by Crippen LogP contribution is -2.60. The first-order valence-corrected chi connectivity index (χ1v) is 9.30. The molecule has 1 atom stereocenters. The van der Waals surface area contributed by atoms with Crippen molar-refractivity contribution in [1.82, 2.24) is 20.9 Å². The maximum Gasteiger partial charge on any atom is 0.318 e. The number of hydrogen-bond donors (Lipinski definition) is 3. The molecule has 1 aliphatic rings. The van der Waals surface area contributed by atoms with Gasteiger partial charge in [0.15, 0.2) is 0 Å². The fourth-order valence-electron chi connectivity index (χ4n) is 2.91. The summed E-state index contributed by atoms with van der Waals surface area (Å²) in [5.74, 6) is 0.235. The molecule has 3 N–H and O–H groups in total. The molecule has 1 aliphatic heterocycles. The lowest BCUT2D eigenvalue weighted by Gasteiger charge is -2.34. The lowest BCUT2D eigenvalue weighted by atomic mass is 10.1. The van der Waals surface area contributed by atoms with Crippen molar-refractivity contribution in [2.45, 2.75) is 32.2 Å². The molecule has 1 fully saturated rings. The molecule has 4 amide bonds. The molecule has 1 aromatic rings. The summed E-state index contributed by atoms with van der Waals surface area (Å²) in [5, 5.41) is 8.03. The topological polar surface area (TPSA) is 99.8 Å². The first-order chi connectivity index (χ1) is 13.1.